The molecule has 0 bridgehead atoms. The number of rotatable bonds is 24. The number of nitrogens with two attached hydrogens (primary N) is 3. The van der Waals surface area contributed by atoms with Crippen LogP contribution in [0, 0.1) is 5.92 Å². The number of carbonyl (C=O) groups excluding carboxylic acids is 11. The average Bonchev–Trinajstić information content (AvgIpc) is 3.86. The highest BCUT2D eigenvalue weighted by Crippen LogP contribution is 2.21. The van der Waals surface area contributed by atoms with Gasteiger partial charge in [-0.1, -0.05) is 90.2 Å². The van der Waals surface area contributed by atoms with Gasteiger partial charge >= 0.3 is 5.97 Å². The molecular weight excluding hydrogens is 1010 g/mol. The summed E-state index contributed by atoms with van der Waals surface area (Å²) in [5.74, 6) is -13.1. The predicted molar refractivity (Wildman–Crippen MR) is 276 cm³/mol. The van der Waals surface area contributed by atoms with Crippen LogP contribution in [0.3, 0.4) is 0 Å². The minimum atomic E-state index is -1.90. The lowest BCUT2D eigenvalue weighted by atomic mass is 9.99. The number of aliphatic carboxylic acids is 1. The lowest BCUT2D eigenvalue weighted by Gasteiger charge is -2.31. The predicted octanol–water partition coefficient (Wildman–Crippen LogP) is -1.85. The number of hydrogen-bond donors (Lipinski definition) is 13. The number of unbranched alkanes of at least 4 members (excludes halogenated alkanes) is 7. The fourth-order valence-corrected chi connectivity index (χ4v) is 8.99. The fraction of sp³-hybridized carbons (Fsp3) is 0.647. The maximum atomic E-state index is 14.3. The Hall–Kier alpha value is -7.38. The molecule has 10 atom stereocenters. The first kappa shape index (κ1) is 63.9. The van der Waals surface area contributed by atoms with Gasteiger partial charge in [0.1, 0.15) is 54.1 Å². The Balaban J connectivity index is 2.13. The summed E-state index contributed by atoms with van der Waals surface area (Å²) in [4.78, 5) is 163. The summed E-state index contributed by atoms with van der Waals surface area (Å²) in [5, 5.41) is 47.1. The van der Waals surface area contributed by atoms with Gasteiger partial charge in [-0.25, -0.2) is 0 Å². The third-order valence-electron chi connectivity index (χ3n) is 13.6. The van der Waals surface area contributed by atoms with Gasteiger partial charge in [0.2, 0.25) is 65.0 Å². The van der Waals surface area contributed by atoms with Crippen molar-refractivity contribution < 1.29 is 72.9 Å². The zero-order chi connectivity index (χ0) is 57.4. The molecule has 428 valence electrons. The smallest absolute Gasteiger partial charge is 0.303 e. The summed E-state index contributed by atoms with van der Waals surface area (Å²) in [6, 6.07) is -8.41. The van der Waals surface area contributed by atoms with Crippen molar-refractivity contribution in [2.75, 3.05) is 6.54 Å². The third-order valence-corrected chi connectivity index (χ3v) is 13.6. The van der Waals surface area contributed by atoms with Crippen LogP contribution in [-0.2, 0) is 64.0 Å². The molecule has 3 rings (SSSR count). The Morgan fingerprint density at radius 3 is 1.53 bits per heavy atom. The highest BCUT2D eigenvalue weighted by molar-refractivity contribution is 6.01. The van der Waals surface area contributed by atoms with Crippen LogP contribution in [0.5, 0.6) is 5.75 Å². The first-order valence-electron chi connectivity index (χ1n) is 26.4. The zero-order valence-electron chi connectivity index (χ0n) is 44.1. The monoisotopic (exact) mass is 1090 g/mol. The molecule has 26 nitrogen and oxygen atoms in total. The van der Waals surface area contributed by atoms with Gasteiger partial charge in [-0.3, -0.25) is 57.5 Å². The Labute approximate surface area is 447 Å². The number of carboxylic acids is 1. The SMILES string of the molecule is CCC(C)CCCCCCCCCCC1NC(=O)[C@H]([C@@H](C)O)NC(=O)C(CC(N)=O)NC(=O)C2CCCN2C(=O)C(CCC(=O)O)NC(=O)C(CC(N)=O)NC(=O)C(Cc2ccc(O)cc2)NC(=O)C(CC(N)=O)NC1=O. The van der Waals surface area contributed by atoms with Crippen molar-refractivity contribution in [1.29, 1.82) is 0 Å². The largest absolute Gasteiger partial charge is 0.508 e. The van der Waals surface area contributed by atoms with Crippen molar-refractivity contribution in [2.45, 2.75) is 197 Å². The van der Waals surface area contributed by atoms with E-state index in [4.69, 9.17) is 17.2 Å². The van der Waals surface area contributed by atoms with Gasteiger partial charge in [-0.15, -0.1) is 0 Å². The fourth-order valence-electron chi connectivity index (χ4n) is 8.99. The summed E-state index contributed by atoms with van der Waals surface area (Å²) in [7, 11) is 0. The number of aromatic hydroxyl groups is 1. The second-order valence-electron chi connectivity index (χ2n) is 20.0. The van der Waals surface area contributed by atoms with Gasteiger partial charge in [0.05, 0.1) is 25.4 Å². The summed E-state index contributed by atoms with van der Waals surface area (Å²) >= 11 is 0. The molecule has 1 aromatic rings. The Morgan fingerprint density at radius 2 is 1.03 bits per heavy atom. The number of aliphatic hydroxyl groups excluding tert-OH is 1. The number of fused-ring (bicyclic) bond motifs is 1. The number of benzene rings is 1. The maximum absolute atomic E-state index is 14.3. The molecule has 2 aliphatic rings. The Kier molecular flexibility index (Phi) is 26.8. The van der Waals surface area contributed by atoms with Gasteiger partial charge < -0.3 is 74.6 Å². The number of aliphatic hydroxyl groups is 1. The van der Waals surface area contributed by atoms with E-state index in [1.165, 1.54) is 24.3 Å². The Bertz CT molecular complexity index is 2250. The quantitative estimate of drug-likeness (QED) is 0.0506. The summed E-state index contributed by atoms with van der Waals surface area (Å²) < 4.78 is 0. The van der Waals surface area contributed by atoms with Crippen molar-refractivity contribution in [2.24, 2.45) is 23.1 Å². The number of amides is 11. The van der Waals surface area contributed by atoms with E-state index in [-0.39, 0.29) is 38.0 Å². The zero-order valence-corrected chi connectivity index (χ0v) is 44.1. The van der Waals surface area contributed by atoms with Gasteiger partial charge in [-0.05, 0) is 56.2 Å². The van der Waals surface area contributed by atoms with Gasteiger partial charge in [0, 0.05) is 19.4 Å². The number of carboxylic acid groups (broad SMARTS) is 1. The summed E-state index contributed by atoms with van der Waals surface area (Å²) in [6.07, 6.45) is 3.25. The van der Waals surface area contributed by atoms with Crippen molar-refractivity contribution in [3.05, 3.63) is 29.8 Å². The second-order valence-corrected chi connectivity index (χ2v) is 20.0. The first-order valence-corrected chi connectivity index (χ1v) is 26.4. The van der Waals surface area contributed by atoms with E-state index in [2.05, 4.69) is 51.1 Å². The number of phenolic OH excluding ortho intramolecular Hbond substituents is 1. The van der Waals surface area contributed by atoms with Crippen molar-refractivity contribution in [3.63, 3.8) is 0 Å². The molecular formula is C51H79N11O15. The van der Waals surface area contributed by atoms with E-state index in [0.29, 0.717) is 24.3 Å². The first-order chi connectivity index (χ1) is 36.4. The Morgan fingerprint density at radius 1 is 0.584 bits per heavy atom. The molecule has 0 saturated carbocycles. The molecule has 0 radical (unpaired) electrons. The van der Waals surface area contributed by atoms with Crippen molar-refractivity contribution in [3.8, 4) is 5.75 Å². The summed E-state index contributed by atoms with van der Waals surface area (Å²) in [6.45, 7) is 5.40. The number of nitrogens with one attached hydrogen (secondary N) is 7. The third kappa shape index (κ3) is 22.4. The molecule has 2 saturated heterocycles. The van der Waals surface area contributed by atoms with Crippen LogP contribution in [0.1, 0.15) is 142 Å². The molecule has 2 heterocycles. The average molecular weight is 1090 g/mol. The topological polar surface area (TPSA) is 431 Å². The van der Waals surface area contributed by atoms with Gasteiger partial charge in [0.15, 0.2) is 0 Å². The minimum Gasteiger partial charge on any atom is -0.508 e. The van der Waals surface area contributed by atoms with E-state index in [1.807, 2.05) is 0 Å². The van der Waals surface area contributed by atoms with Crippen LogP contribution >= 0.6 is 0 Å². The van der Waals surface area contributed by atoms with E-state index in [1.54, 1.807) is 0 Å². The molecule has 0 aliphatic carbocycles. The number of hydrogen-bond acceptors (Lipinski definition) is 14. The summed E-state index contributed by atoms with van der Waals surface area (Å²) in [5.41, 5.74) is 16.8. The normalized spacial score (nSPS) is 24.3. The molecule has 11 amide bonds. The lowest BCUT2D eigenvalue weighted by Crippen LogP contribution is -2.63. The molecule has 8 unspecified atom stereocenters. The van der Waals surface area contributed by atoms with Gasteiger partial charge in [0.25, 0.3) is 0 Å². The molecule has 0 spiro atoms. The lowest BCUT2D eigenvalue weighted by molar-refractivity contribution is -0.144. The standard InChI is InChI=1S/C51H79N11O15/c1-4-28(2)14-11-9-7-5-6-8-10-12-15-32-44(70)58-36(26-40(53)66)47(73)57-34(24-30-17-19-31(64)20-18-30)45(71)59-35(25-39(52)65)46(72)56-33(21-22-42(68)69)51(77)62-23-13-16-38(62)49(75)60-37(27-41(54)67)48(74)61-43(29(3)63)50(76)55-32/h17-20,28-29,32-38,43,63-64H,4-16,21-27H2,1-3H3,(H2,52,65)(H2,53,66)(H2,54,67)(H,55,76)(H,56,72)(H,57,73)(H,58,70)(H,59,71)(H,60,75)(H,61,74)(H,68,69)/t28?,29-,32?,33?,34?,35?,36?,37?,38?,43+/m1/s1. The number of phenols is 1. The van der Waals surface area contributed by atoms with Crippen LogP contribution in [0.15, 0.2) is 24.3 Å². The van der Waals surface area contributed by atoms with Crippen LogP contribution < -0.4 is 54.4 Å². The van der Waals surface area contributed by atoms with Crippen LogP contribution in [0.25, 0.3) is 0 Å². The van der Waals surface area contributed by atoms with Crippen molar-refractivity contribution in [1.82, 2.24) is 42.1 Å². The van der Waals surface area contributed by atoms with Crippen LogP contribution in [0.4, 0.5) is 0 Å². The van der Waals surface area contributed by atoms with E-state index >= 15 is 0 Å². The highest BCUT2D eigenvalue weighted by Gasteiger charge is 2.41. The van der Waals surface area contributed by atoms with Crippen LogP contribution in [0.2, 0.25) is 0 Å². The van der Waals surface area contributed by atoms with Crippen LogP contribution in [-0.4, -0.2) is 152 Å². The molecule has 2 fully saturated rings. The molecule has 1 aromatic carbocycles. The molecule has 0 aromatic heterocycles. The van der Waals surface area contributed by atoms with E-state index < -0.39 is 157 Å². The van der Waals surface area contributed by atoms with Gasteiger partial charge in [-0.2, -0.15) is 0 Å². The minimum absolute atomic E-state index is 0.0302. The number of nitrogens with zero attached hydrogens (tertiary/aromatic N) is 1. The molecule has 77 heavy (non-hydrogen) atoms. The molecule has 16 N–H and O–H groups in total. The van der Waals surface area contributed by atoms with E-state index in [0.717, 1.165) is 63.2 Å². The highest BCUT2D eigenvalue weighted by atomic mass is 16.4. The number of primary amides is 3. The maximum Gasteiger partial charge on any atom is 0.303 e. The van der Waals surface area contributed by atoms with E-state index in [9.17, 15) is 72.9 Å². The molecule has 2 aliphatic heterocycles. The molecule has 26 heteroatoms. The van der Waals surface area contributed by atoms with Crippen molar-refractivity contribution >= 4 is 70.9 Å². The number of carbonyl (C=O) groups is 12. The second kappa shape index (κ2) is 32.3.